The van der Waals surface area contributed by atoms with Gasteiger partial charge in [0.25, 0.3) is 0 Å². The van der Waals surface area contributed by atoms with Gasteiger partial charge in [0.1, 0.15) is 0 Å². The second-order valence-electron chi connectivity index (χ2n) is 3.21. The molecule has 0 saturated heterocycles. The fourth-order valence-corrected chi connectivity index (χ4v) is 1.92. The second-order valence-corrected chi connectivity index (χ2v) is 4.10. The number of hydrogen-bond donors (Lipinski definition) is 1. The average Bonchev–Trinajstić information content (AvgIpc) is 2.75. The first-order valence-corrected chi connectivity index (χ1v) is 5.10. The minimum absolute atomic E-state index is 0.505. The lowest BCUT2D eigenvalue weighted by molar-refractivity contribution is 0.853. The van der Waals surface area contributed by atoms with E-state index in [9.17, 15) is 0 Å². The summed E-state index contributed by atoms with van der Waals surface area (Å²) in [7, 11) is 0. The average molecular weight is 193 g/mol. The summed E-state index contributed by atoms with van der Waals surface area (Å²) in [5, 5.41) is 9.92. The largest absolute Gasteiger partial charge is 0.285 e. The molecule has 68 valence electrons. The molecule has 2 rings (SSSR count). The maximum absolute atomic E-state index is 4.51. The van der Waals surface area contributed by atoms with Crippen molar-refractivity contribution in [3.63, 3.8) is 0 Å². The quantitative estimate of drug-likeness (QED) is 0.796. The van der Waals surface area contributed by atoms with Crippen LogP contribution in [0.3, 0.4) is 0 Å². The number of nitrogens with zero attached hydrogens (tertiary/aromatic N) is 2. The van der Waals surface area contributed by atoms with Gasteiger partial charge in [0.2, 0.25) is 0 Å². The molecule has 0 spiro atoms. The summed E-state index contributed by atoms with van der Waals surface area (Å²) in [5.41, 5.74) is 2.07. The van der Waals surface area contributed by atoms with E-state index < -0.39 is 0 Å². The summed E-state index contributed by atoms with van der Waals surface area (Å²) in [6.45, 7) is 4.30. The first-order valence-electron chi connectivity index (χ1n) is 4.22. The van der Waals surface area contributed by atoms with Gasteiger partial charge in [-0.3, -0.25) is 5.10 Å². The van der Waals surface area contributed by atoms with E-state index in [4.69, 9.17) is 0 Å². The number of thiazole rings is 1. The lowest BCUT2D eigenvalue weighted by atomic mass is 10.2. The maximum atomic E-state index is 4.51. The van der Waals surface area contributed by atoms with E-state index in [1.807, 2.05) is 6.20 Å². The Kier molecular flexibility index (Phi) is 2.14. The highest BCUT2D eigenvalue weighted by molar-refractivity contribution is 7.10. The van der Waals surface area contributed by atoms with Crippen LogP contribution < -0.4 is 0 Å². The molecule has 0 saturated carbocycles. The normalized spacial score (nSPS) is 11.0. The molecule has 0 unspecified atom stereocenters. The zero-order valence-corrected chi connectivity index (χ0v) is 8.43. The standard InChI is InChI=1S/C9H11N3S/c1-6(2)9-12-8(5-13-9)7-3-10-11-4-7/h3-6H,1-2H3,(H,10,11). The molecule has 0 aliphatic carbocycles. The van der Waals surface area contributed by atoms with Crippen molar-refractivity contribution in [2.75, 3.05) is 0 Å². The van der Waals surface area contributed by atoms with Crippen molar-refractivity contribution in [1.82, 2.24) is 15.2 Å². The SMILES string of the molecule is CC(C)c1nc(-c2cn[nH]c2)cs1. The van der Waals surface area contributed by atoms with E-state index in [1.54, 1.807) is 17.5 Å². The molecule has 0 radical (unpaired) electrons. The number of aromatic amines is 1. The summed E-state index contributed by atoms with van der Waals surface area (Å²) >= 11 is 1.70. The molecule has 13 heavy (non-hydrogen) atoms. The van der Waals surface area contributed by atoms with Gasteiger partial charge < -0.3 is 0 Å². The van der Waals surface area contributed by atoms with Gasteiger partial charge >= 0.3 is 0 Å². The Labute approximate surface area is 80.8 Å². The Morgan fingerprint density at radius 1 is 1.46 bits per heavy atom. The van der Waals surface area contributed by atoms with Crippen LogP contribution in [-0.4, -0.2) is 15.2 Å². The van der Waals surface area contributed by atoms with E-state index in [0.717, 1.165) is 11.3 Å². The van der Waals surface area contributed by atoms with Gasteiger partial charge in [-0.15, -0.1) is 11.3 Å². The number of hydrogen-bond acceptors (Lipinski definition) is 3. The lowest BCUT2D eigenvalue weighted by Crippen LogP contribution is -1.84. The van der Waals surface area contributed by atoms with Gasteiger partial charge in [-0.1, -0.05) is 13.8 Å². The van der Waals surface area contributed by atoms with Crippen LogP contribution in [0.5, 0.6) is 0 Å². The smallest absolute Gasteiger partial charge is 0.0958 e. The molecule has 1 N–H and O–H groups in total. The molecule has 3 nitrogen and oxygen atoms in total. The third-order valence-electron chi connectivity index (χ3n) is 1.81. The summed E-state index contributed by atoms with van der Waals surface area (Å²) in [6, 6.07) is 0. The summed E-state index contributed by atoms with van der Waals surface area (Å²) in [6.07, 6.45) is 3.65. The monoisotopic (exact) mass is 193 g/mol. The molecule has 4 heteroatoms. The van der Waals surface area contributed by atoms with Crippen molar-refractivity contribution in [2.24, 2.45) is 0 Å². The molecular weight excluding hydrogens is 182 g/mol. The molecular formula is C9H11N3S. The first kappa shape index (κ1) is 8.44. The molecule has 0 aliphatic rings. The van der Waals surface area contributed by atoms with Crippen LogP contribution in [0, 0.1) is 0 Å². The maximum Gasteiger partial charge on any atom is 0.0958 e. The molecule has 0 aliphatic heterocycles. The number of rotatable bonds is 2. The van der Waals surface area contributed by atoms with Crippen molar-refractivity contribution < 1.29 is 0 Å². The van der Waals surface area contributed by atoms with Crippen LogP contribution in [0.2, 0.25) is 0 Å². The third-order valence-corrected chi connectivity index (χ3v) is 2.96. The Balaban J connectivity index is 2.33. The zero-order valence-electron chi connectivity index (χ0n) is 7.61. The Hall–Kier alpha value is -1.16. The second kappa shape index (κ2) is 3.30. The Bertz CT molecular complexity index is 375. The predicted octanol–water partition coefficient (Wildman–Crippen LogP) is 2.66. The highest BCUT2D eigenvalue weighted by atomic mass is 32.1. The molecule has 0 fully saturated rings. The van der Waals surface area contributed by atoms with Crippen LogP contribution >= 0.6 is 11.3 Å². The van der Waals surface area contributed by atoms with E-state index >= 15 is 0 Å². The summed E-state index contributed by atoms with van der Waals surface area (Å²) < 4.78 is 0. The van der Waals surface area contributed by atoms with Gasteiger partial charge in [-0.25, -0.2) is 4.98 Å². The van der Waals surface area contributed by atoms with Crippen LogP contribution in [0.25, 0.3) is 11.3 Å². The van der Waals surface area contributed by atoms with Gasteiger partial charge in [-0.05, 0) is 0 Å². The molecule has 2 heterocycles. The minimum atomic E-state index is 0.505. The molecule has 0 aromatic carbocycles. The summed E-state index contributed by atoms with van der Waals surface area (Å²) in [5.74, 6) is 0.505. The molecule has 2 aromatic heterocycles. The van der Waals surface area contributed by atoms with Crippen molar-refractivity contribution in [3.8, 4) is 11.3 Å². The fourth-order valence-electron chi connectivity index (χ4n) is 1.08. The van der Waals surface area contributed by atoms with Gasteiger partial charge in [0.05, 0.1) is 16.9 Å². The van der Waals surface area contributed by atoms with Crippen LogP contribution in [0.15, 0.2) is 17.8 Å². The van der Waals surface area contributed by atoms with E-state index in [1.165, 1.54) is 5.01 Å². The van der Waals surface area contributed by atoms with Gasteiger partial charge in [-0.2, -0.15) is 5.10 Å². The van der Waals surface area contributed by atoms with E-state index in [0.29, 0.717) is 5.92 Å². The Morgan fingerprint density at radius 3 is 2.85 bits per heavy atom. The van der Waals surface area contributed by atoms with Crippen LogP contribution in [0.4, 0.5) is 0 Å². The molecule has 0 bridgehead atoms. The van der Waals surface area contributed by atoms with Gasteiger partial charge in [0.15, 0.2) is 0 Å². The predicted molar refractivity (Wildman–Crippen MR) is 53.8 cm³/mol. The molecule has 0 atom stereocenters. The number of aromatic nitrogens is 3. The van der Waals surface area contributed by atoms with E-state index in [2.05, 4.69) is 34.4 Å². The number of nitrogens with one attached hydrogen (secondary N) is 1. The zero-order chi connectivity index (χ0) is 9.26. The van der Waals surface area contributed by atoms with E-state index in [-0.39, 0.29) is 0 Å². The Morgan fingerprint density at radius 2 is 2.31 bits per heavy atom. The first-order chi connectivity index (χ1) is 6.27. The summed E-state index contributed by atoms with van der Waals surface area (Å²) in [4.78, 5) is 4.51. The van der Waals surface area contributed by atoms with Gasteiger partial charge in [0, 0.05) is 23.1 Å². The van der Waals surface area contributed by atoms with Crippen LogP contribution in [0.1, 0.15) is 24.8 Å². The van der Waals surface area contributed by atoms with Crippen molar-refractivity contribution in [1.29, 1.82) is 0 Å². The molecule has 0 amide bonds. The van der Waals surface area contributed by atoms with Crippen LogP contribution in [-0.2, 0) is 0 Å². The highest BCUT2D eigenvalue weighted by Gasteiger charge is 2.07. The number of H-pyrrole nitrogens is 1. The molecule has 2 aromatic rings. The van der Waals surface area contributed by atoms with Crippen molar-refractivity contribution in [2.45, 2.75) is 19.8 Å². The minimum Gasteiger partial charge on any atom is -0.285 e. The third kappa shape index (κ3) is 1.62. The van der Waals surface area contributed by atoms with Crippen molar-refractivity contribution in [3.05, 3.63) is 22.8 Å². The van der Waals surface area contributed by atoms with Crippen molar-refractivity contribution >= 4 is 11.3 Å². The highest BCUT2D eigenvalue weighted by Crippen LogP contribution is 2.25. The topological polar surface area (TPSA) is 41.6 Å². The lowest BCUT2D eigenvalue weighted by Gasteiger charge is -1.95. The fraction of sp³-hybridized carbons (Fsp3) is 0.333.